The van der Waals surface area contributed by atoms with E-state index >= 15 is 0 Å². The highest BCUT2D eigenvalue weighted by molar-refractivity contribution is 5.82. The van der Waals surface area contributed by atoms with Crippen LogP contribution in [0.25, 0.3) is 0 Å². The fourth-order valence-corrected chi connectivity index (χ4v) is 2.20. The number of carbonyl (C=O) groups excluding carboxylic acids is 1. The number of hydrogen-bond acceptors (Lipinski definition) is 3. The molecule has 1 aromatic rings. The zero-order valence-corrected chi connectivity index (χ0v) is 10.7. The average Bonchev–Trinajstić information content (AvgIpc) is 2.94. The number of alkyl halides is 1. The molecule has 2 heterocycles. The van der Waals surface area contributed by atoms with Crippen LogP contribution in [0.4, 0.5) is 4.39 Å². The third-order valence-corrected chi connectivity index (χ3v) is 3.47. The quantitative estimate of drug-likeness (QED) is 0.857. The molecule has 104 valence electrons. The predicted molar refractivity (Wildman–Crippen MR) is 64.2 cm³/mol. The van der Waals surface area contributed by atoms with Crippen molar-refractivity contribution in [3.05, 3.63) is 18.0 Å². The summed E-state index contributed by atoms with van der Waals surface area (Å²) in [6.45, 7) is -0.195. The van der Waals surface area contributed by atoms with Crippen LogP contribution in [0.1, 0.15) is 18.5 Å². The lowest BCUT2D eigenvalue weighted by atomic mass is 10.1. The lowest BCUT2D eigenvalue weighted by molar-refractivity contribution is -0.150. The summed E-state index contributed by atoms with van der Waals surface area (Å²) in [5.74, 6) is -1.71. The maximum Gasteiger partial charge on any atom is 0.343 e. The van der Waals surface area contributed by atoms with E-state index in [1.807, 2.05) is 6.07 Å². The molecule has 0 radical (unpaired) electrons. The van der Waals surface area contributed by atoms with E-state index in [9.17, 15) is 14.0 Å². The highest BCUT2D eigenvalue weighted by Crippen LogP contribution is 2.26. The van der Waals surface area contributed by atoms with Crippen molar-refractivity contribution in [2.24, 2.45) is 7.05 Å². The normalized spacial score (nSPS) is 22.7. The smallest absolute Gasteiger partial charge is 0.343 e. The summed E-state index contributed by atoms with van der Waals surface area (Å²) in [6, 6.07) is 1.81. The number of halogens is 1. The summed E-state index contributed by atoms with van der Waals surface area (Å²) < 4.78 is 15.5. The minimum absolute atomic E-state index is 0.139. The molecule has 1 aliphatic heterocycles. The summed E-state index contributed by atoms with van der Waals surface area (Å²) in [6.07, 6.45) is 2.25. The molecular formula is C12H16FN3O3. The van der Waals surface area contributed by atoms with Crippen LogP contribution in [0.2, 0.25) is 0 Å². The fraction of sp³-hybridized carbons (Fsp3) is 0.583. The van der Waals surface area contributed by atoms with Gasteiger partial charge in [-0.05, 0) is 12.5 Å². The third kappa shape index (κ3) is 2.74. The van der Waals surface area contributed by atoms with Crippen LogP contribution in [0, 0.1) is 0 Å². The summed E-state index contributed by atoms with van der Waals surface area (Å²) in [5.41, 5.74) is -1.38. The van der Waals surface area contributed by atoms with Crippen molar-refractivity contribution >= 4 is 11.9 Å². The van der Waals surface area contributed by atoms with Crippen LogP contribution in [0.15, 0.2) is 12.3 Å². The van der Waals surface area contributed by atoms with Crippen LogP contribution in [-0.2, 0) is 23.1 Å². The maximum atomic E-state index is 13.8. The van der Waals surface area contributed by atoms with Gasteiger partial charge in [-0.1, -0.05) is 0 Å². The van der Waals surface area contributed by atoms with Gasteiger partial charge in [0.05, 0.1) is 6.54 Å². The molecule has 6 nitrogen and oxygen atoms in total. The van der Waals surface area contributed by atoms with Gasteiger partial charge in [0.25, 0.3) is 0 Å². The van der Waals surface area contributed by atoms with Gasteiger partial charge in [0.15, 0.2) is 0 Å². The van der Waals surface area contributed by atoms with E-state index in [0.29, 0.717) is 6.42 Å². The van der Waals surface area contributed by atoms with Crippen molar-refractivity contribution in [2.75, 3.05) is 13.1 Å². The van der Waals surface area contributed by atoms with Crippen molar-refractivity contribution < 1.29 is 19.1 Å². The molecule has 0 aliphatic carbocycles. The lowest BCUT2D eigenvalue weighted by Gasteiger charge is -2.17. The van der Waals surface area contributed by atoms with E-state index in [-0.39, 0.29) is 31.8 Å². The van der Waals surface area contributed by atoms with Gasteiger partial charge >= 0.3 is 5.97 Å². The van der Waals surface area contributed by atoms with Gasteiger partial charge in [-0.15, -0.1) is 0 Å². The Kier molecular flexibility index (Phi) is 3.55. The van der Waals surface area contributed by atoms with E-state index in [4.69, 9.17) is 5.11 Å². The van der Waals surface area contributed by atoms with Crippen molar-refractivity contribution in [2.45, 2.75) is 24.9 Å². The second kappa shape index (κ2) is 4.99. The molecule has 0 aromatic carbocycles. The number of carboxylic acids is 1. The number of carboxylic acid groups (broad SMARTS) is 1. The molecule has 0 spiro atoms. The SMILES string of the molecule is Cn1nccc1CCC(=O)N1CCC(F)(C(=O)O)C1. The largest absolute Gasteiger partial charge is 0.479 e. The highest BCUT2D eigenvalue weighted by atomic mass is 19.1. The van der Waals surface area contributed by atoms with E-state index in [0.717, 1.165) is 5.69 Å². The standard InChI is InChI=1S/C12H16FN3O3/c1-15-9(4-6-14-15)2-3-10(17)16-7-5-12(13,8-16)11(18)19/h4,6H,2-3,5,7-8H2,1H3,(H,18,19). The van der Waals surface area contributed by atoms with Gasteiger partial charge in [-0.25, -0.2) is 9.18 Å². The average molecular weight is 269 g/mol. The zero-order valence-electron chi connectivity index (χ0n) is 10.7. The Labute approximate surface area is 109 Å². The number of aromatic nitrogens is 2. The van der Waals surface area contributed by atoms with Gasteiger partial charge in [-0.2, -0.15) is 5.10 Å². The highest BCUT2D eigenvalue weighted by Gasteiger charge is 2.46. The molecule has 1 unspecified atom stereocenters. The summed E-state index contributed by atoms with van der Waals surface area (Å²) in [7, 11) is 1.78. The molecule has 1 fully saturated rings. The first-order chi connectivity index (χ1) is 8.92. The molecule has 0 bridgehead atoms. The number of hydrogen-bond donors (Lipinski definition) is 1. The molecule has 1 atom stereocenters. The van der Waals surface area contributed by atoms with Crippen molar-refractivity contribution in [1.82, 2.24) is 14.7 Å². The van der Waals surface area contributed by atoms with E-state index < -0.39 is 11.6 Å². The molecule has 0 saturated carbocycles. The van der Waals surface area contributed by atoms with Crippen LogP contribution in [0.5, 0.6) is 0 Å². The predicted octanol–water partition coefficient (Wildman–Crippen LogP) is 0.378. The van der Waals surface area contributed by atoms with Gasteiger partial charge in [0.2, 0.25) is 11.6 Å². The minimum atomic E-state index is -2.29. The zero-order chi connectivity index (χ0) is 14.0. The molecule has 1 amide bonds. The number of nitrogens with zero attached hydrogens (tertiary/aromatic N) is 3. The molecule has 7 heteroatoms. The summed E-state index contributed by atoms with van der Waals surface area (Å²) in [4.78, 5) is 23.9. The number of aliphatic carboxylic acids is 1. The Morgan fingerprint density at radius 3 is 2.84 bits per heavy atom. The van der Waals surface area contributed by atoms with Crippen LogP contribution in [-0.4, -0.2) is 50.4 Å². The number of carbonyl (C=O) groups is 2. The van der Waals surface area contributed by atoms with Gasteiger partial charge in [-0.3, -0.25) is 9.48 Å². The minimum Gasteiger partial charge on any atom is -0.479 e. The number of amides is 1. The Balaban J connectivity index is 1.89. The summed E-state index contributed by atoms with van der Waals surface area (Å²) in [5, 5.41) is 12.8. The van der Waals surface area contributed by atoms with Crippen LogP contribution >= 0.6 is 0 Å². The molecule has 1 aliphatic rings. The van der Waals surface area contributed by atoms with Crippen molar-refractivity contribution in [3.8, 4) is 0 Å². The fourth-order valence-electron chi connectivity index (χ4n) is 2.20. The third-order valence-electron chi connectivity index (χ3n) is 3.47. The Morgan fingerprint density at radius 2 is 2.32 bits per heavy atom. The lowest BCUT2D eigenvalue weighted by Crippen LogP contribution is -2.39. The molecular weight excluding hydrogens is 253 g/mol. The van der Waals surface area contributed by atoms with Crippen LogP contribution < -0.4 is 0 Å². The Morgan fingerprint density at radius 1 is 1.58 bits per heavy atom. The van der Waals surface area contributed by atoms with Crippen molar-refractivity contribution in [3.63, 3.8) is 0 Å². The van der Waals surface area contributed by atoms with Crippen LogP contribution in [0.3, 0.4) is 0 Å². The monoisotopic (exact) mass is 269 g/mol. The number of aryl methyl sites for hydroxylation is 2. The van der Waals surface area contributed by atoms with E-state index in [2.05, 4.69) is 5.10 Å². The Bertz CT molecular complexity index is 502. The topological polar surface area (TPSA) is 75.4 Å². The molecule has 1 N–H and O–H groups in total. The molecule has 2 rings (SSSR count). The maximum absolute atomic E-state index is 13.8. The van der Waals surface area contributed by atoms with Gasteiger partial charge in [0, 0.05) is 38.3 Å². The van der Waals surface area contributed by atoms with E-state index in [1.165, 1.54) is 4.90 Å². The second-order valence-electron chi connectivity index (χ2n) is 4.78. The van der Waals surface area contributed by atoms with E-state index in [1.54, 1.807) is 17.9 Å². The first-order valence-corrected chi connectivity index (χ1v) is 6.09. The number of likely N-dealkylation sites (tertiary alicyclic amines) is 1. The van der Waals surface area contributed by atoms with Gasteiger partial charge in [0.1, 0.15) is 0 Å². The molecule has 19 heavy (non-hydrogen) atoms. The Hall–Kier alpha value is -1.92. The summed E-state index contributed by atoms with van der Waals surface area (Å²) >= 11 is 0. The number of rotatable bonds is 4. The second-order valence-corrected chi connectivity index (χ2v) is 4.78. The molecule has 1 saturated heterocycles. The first kappa shape index (κ1) is 13.5. The van der Waals surface area contributed by atoms with Gasteiger partial charge < -0.3 is 10.0 Å². The first-order valence-electron chi connectivity index (χ1n) is 6.09. The van der Waals surface area contributed by atoms with Crippen molar-refractivity contribution in [1.29, 1.82) is 0 Å². The molecule has 1 aromatic heterocycles.